The number of carbonyl (C=O) groups is 2. The highest BCUT2D eigenvalue weighted by atomic mass is 79.9. The molecule has 0 aromatic heterocycles. The largest absolute Gasteiger partial charge is 0.479 e. The molecule has 0 radical (unpaired) electrons. The molecule has 0 spiro atoms. The molecule has 98 valence electrons. The molecular weight excluding hydrogens is 302 g/mol. The Kier molecular flexibility index (Phi) is 4.48. The summed E-state index contributed by atoms with van der Waals surface area (Å²) in [6.45, 7) is 2.66. The number of aryl methyl sites for hydroxylation is 1. The highest BCUT2D eigenvalue weighted by Crippen LogP contribution is 2.18. The normalized spacial score (nSPS) is 13.8. The molecule has 1 rings (SSSR count). The van der Waals surface area contributed by atoms with Crippen LogP contribution in [0.15, 0.2) is 22.7 Å². The molecule has 18 heavy (non-hydrogen) atoms. The van der Waals surface area contributed by atoms with Crippen molar-refractivity contribution in [1.82, 2.24) is 5.32 Å². The van der Waals surface area contributed by atoms with E-state index in [4.69, 9.17) is 5.11 Å². The van der Waals surface area contributed by atoms with E-state index in [1.165, 1.54) is 0 Å². The lowest BCUT2D eigenvalue weighted by atomic mass is 10.1. The van der Waals surface area contributed by atoms with Crippen LogP contribution in [0.25, 0.3) is 0 Å². The Morgan fingerprint density at radius 1 is 1.44 bits per heavy atom. The van der Waals surface area contributed by atoms with Crippen molar-refractivity contribution >= 4 is 27.8 Å². The second-order valence-electron chi connectivity index (χ2n) is 4.24. The van der Waals surface area contributed by atoms with Gasteiger partial charge in [-0.05, 0) is 47.5 Å². The van der Waals surface area contributed by atoms with E-state index >= 15 is 0 Å². The molecule has 0 aliphatic heterocycles. The zero-order valence-electron chi connectivity index (χ0n) is 10.0. The van der Waals surface area contributed by atoms with Crippen LogP contribution in [0.1, 0.15) is 22.8 Å². The van der Waals surface area contributed by atoms with E-state index in [0.29, 0.717) is 10.0 Å². The van der Waals surface area contributed by atoms with E-state index in [-0.39, 0.29) is 6.54 Å². The van der Waals surface area contributed by atoms with Gasteiger partial charge in [-0.1, -0.05) is 6.07 Å². The lowest BCUT2D eigenvalue weighted by Gasteiger charge is -2.18. The topological polar surface area (TPSA) is 86.6 Å². The highest BCUT2D eigenvalue weighted by molar-refractivity contribution is 9.10. The summed E-state index contributed by atoms with van der Waals surface area (Å²) in [7, 11) is 0. The maximum absolute atomic E-state index is 11.8. The van der Waals surface area contributed by atoms with E-state index in [1.54, 1.807) is 18.2 Å². The van der Waals surface area contributed by atoms with Crippen molar-refractivity contribution in [3.05, 3.63) is 33.8 Å². The summed E-state index contributed by atoms with van der Waals surface area (Å²) in [6, 6.07) is 5.18. The predicted octanol–water partition coefficient (Wildman–Crippen LogP) is 1.32. The number of hydrogen-bond acceptors (Lipinski definition) is 3. The van der Waals surface area contributed by atoms with Crippen LogP contribution in [0.2, 0.25) is 0 Å². The molecule has 1 unspecified atom stereocenters. The van der Waals surface area contributed by atoms with Crippen LogP contribution in [0.3, 0.4) is 0 Å². The second-order valence-corrected chi connectivity index (χ2v) is 5.10. The average molecular weight is 316 g/mol. The smallest absolute Gasteiger partial charge is 0.337 e. The third-order valence-corrected chi connectivity index (χ3v) is 3.08. The van der Waals surface area contributed by atoms with Crippen LogP contribution in [0.5, 0.6) is 0 Å². The number of rotatable bonds is 4. The van der Waals surface area contributed by atoms with Crippen LogP contribution >= 0.6 is 15.9 Å². The van der Waals surface area contributed by atoms with Gasteiger partial charge in [0.2, 0.25) is 0 Å². The number of aliphatic hydroxyl groups is 1. The molecule has 0 saturated heterocycles. The lowest BCUT2D eigenvalue weighted by molar-refractivity contribution is -0.155. The molecule has 1 atom stereocenters. The van der Waals surface area contributed by atoms with Crippen molar-refractivity contribution in [1.29, 1.82) is 0 Å². The molecule has 0 fully saturated rings. The number of hydrogen-bond donors (Lipinski definition) is 3. The summed E-state index contributed by atoms with van der Waals surface area (Å²) in [6.07, 6.45) is 0. The van der Waals surface area contributed by atoms with Gasteiger partial charge in [0.1, 0.15) is 0 Å². The number of nitrogens with one attached hydrogen (secondary N) is 1. The Morgan fingerprint density at radius 2 is 2.06 bits per heavy atom. The third-order valence-electron chi connectivity index (χ3n) is 2.42. The Morgan fingerprint density at radius 3 is 2.56 bits per heavy atom. The van der Waals surface area contributed by atoms with Crippen molar-refractivity contribution in [3.63, 3.8) is 0 Å². The number of halogens is 1. The van der Waals surface area contributed by atoms with Crippen molar-refractivity contribution in [2.75, 3.05) is 6.54 Å². The fourth-order valence-corrected chi connectivity index (χ4v) is 1.90. The lowest BCUT2D eigenvalue weighted by Crippen LogP contribution is -2.46. The Bertz CT molecular complexity index is 485. The van der Waals surface area contributed by atoms with Crippen LogP contribution in [0.4, 0.5) is 0 Å². The molecule has 0 saturated carbocycles. The molecule has 0 aliphatic rings. The first-order valence-corrected chi connectivity index (χ1v) is 6.03. The number of benzene rings is 1. The molecule has 5 nitrogen and oxygen atoms in total. The van der Waals surface area contributed by atoms with Gasteiger partial charge in [0.05, 0.1) is 12.1 Å². The van der Waals surface area contributed by atoms with E-state index in [9.17, 15) is 14.7 Å². The first-order valence-electron chi connectivity index (χ1n) is 5.24. The number of carbonyl (C=O) groups excluding carboxylic acids is 1. The maximum atomic E-state index is 11.8. The van der Waals surface area contributed by atoms with Gasteiger partial charge < -0.3 is 15.5 Å². The summed E-state index contributed by atoms with van der Waals surface area (Å²) in [5, 5.41) is 20.6. The minimum absolute atomic E-state index is 0.360. The molecule has 6 heteroatoms. The Balaban J connectivity index is 2.75. The van der Waals surface area contributed by atoms with E-state index < -0.39 is 17.5 Å². The Hall–Kier alpha value is -1.40. The highest BCUT2D eigenvalue weighted by Gasteiger charge is 2.30. The van der Waals surface area contributed by atoms with E-state index in [1.807, 2.05) is 6.92 Å². The van der Waals surface area contributed by atoms with Gasteiger partial charge in [0.25, 0.3) is 5.91 Å². The zero-order chi connectivity index (χ0) is 13.9. The van der Waals surface area contributed by atoms with Crippen molar-refractivity contribution < 1.29 is 19.8 Å². The van der Waals surface area contributed by atoms with Gasteiger partial charge in [-0.25, -0.2) is 4.79 Å². The van der Waals surface area contributed by atoms with Crippen LogP contribution in [0, 0.1) is 6.92 Å². The first kappa shape index (κ1) is 14.7. The maximum Gasteiger partial charge on any atom is 0.337 e. The van der Waals surface area contributed by atoms with Gasteiger partial charge in [0, 0.05) is 4.47 Å². The summed E-state index contributed by atoms with van der Waals surface area (Å²) >= 11 is 3.26. The minimum Gasteiger partial charge on any atom is -0.479 e. The van der Waals surface area contributed by atoms with Gasteiger partial charge >= 0.3 is 5.97 Å². The van der Waals surface area contributed by atoms with E-state index in [0.717, 1.165) is 12.5 Å². The summed E-state index contributed by atoms with van der Waals surface area (Å²) in [5.41, 5.74) is -0.593. The van der Waals surface area contributed by atoms with Gasteiger partial charge in [0.15, 0.2) is 5.60 Å². The molecule has 3 N–H and O–H groups in total. The fourth-order valence-electron chi connectivity index (χ4n) is 1.23. The summed E-state index contributed by atoms with van der Waals surface area (Å²) in [4.78, 5) is 22.5. The van der Waals surface area contributed by atoms with Crippen molar-refractivity contribution in [2.45, 2.75) is 19.4 Å². The molecule has 1 amide bonds. The fraction of sp³-hybridized carbons (Fsp3) is 0.333. The molecule has 0 aliphatic carbocycles. The van der Waals surface area contributed by atoms with Crippen LogP contribution < -0.4 is 5.32 Å². The summed E-state index contributed by atoms with van der Waals surface area (Å²) < 4.78 is 0.620. The number of carboxylic acid groups (broad SMARTS) is 1. The van der Waals surface area contributed by atoms with Gasteiger partial charge in [-0.3, -0.25) is 4.79 Å². The number of amides is 1. The Labute approximate surface area is 113 Å². The first-order chi connectivity index (χ1) is 8.24. The van der Waals surface area contributed by atoms with E-state index in [2.05, 4.69) is 21.2 Å². The van der Waals surface area contributed by atoms with Crippen molar-refractivity contribution in [2.24, 2.45) is 0 Å². The number of aliphatic carboxylic acids is 1. The molecule has 1 aromatic carbocycles. The summed E-state index contributed by atoms with van der Waals surface area (Å²) in [5.74, 6) is -1.82. The quantitative estimate of drug-likeness (QED) is 0.782. The van der Waals surface area contributed by atoms with Crippen LogP contribution in [-0.4, -0.2) is 34.2 Å². The second kappa shape index (κ2) is 5.49. The standard InChI is InChI=1S/C12H14BrNO4/c1-7-3-4-8(9(13)5-7)10(15)14-6-12(2,18)11(16)17/h3-5,18H,6H2,1-2H3,(H,14,15)(H,16,17). The van der Waals surface area contributed by atoms with Gasteiger partial charge in [-0.2, -0.15) is 0 Å². The molecule has 0 bridgehead atoms. The molecular formula is C12H14BrNO4. The SMILES string of the molecule is Cc1ccc(C(=O)NCC(C)(O)C(=O)O)c(Br)c1. The third kappa shape index (κ3) is 3.54. The zero-order valence-corrected chi connectivity index (χ0v) is 11.6. The van der Waals surface area contributed by atoms with Crippen molar-refractivity contribution in [3.8, 4) is 0 Å². The monoisotopic (exact) mass is 315 g/mol. The number of carboxylic acids is 1. The average Bonchev–Trinajstić information content (AvgIpc) is 2.25. The molecule has 0 heterocycles. The van der Waals surface area contributed by atoms with Crippen LogP contribution in [-0.2, 0) is 4.79 Å². The minimum atomic E-state index is -1.98. The van der Waals surface area contributed by atoms with Gasteiger partial charge in [-0.15, -0.1) is 0 Å². The molecule has 1 aromatic rings. The predicted molar refractivity (Wildman–Crippen MR) is 69.5 cm³/mol.